The van der Waals surface area contributed by atoms with Gasteiger partial charge in [0.2, 0.25) is 0 Å². The minimum Gasteiger partial charge on any atom is -0.454 e. The molecule has 1 aromatic heterocycles. The molecule has 2 aromatic rings. The molecule has 1 heterocycles. The van der Waals surface area contributed by atoms with Crippen LogP contribution in [-0.2, 0) is 6.54 Å². The van der Waals surface area contributed by atoms with Crippen LogP contribution in [0.1, 0.15) is 12.5 Å². The number of pyridine rings is 1. The third-order valence-corrected chi connectivity index (χ3v) is 2.77. The molecule has 0 saturated heterocycles. The molecule has 1 aromatic carbocycles. The molecule has 0 amide bonds. The van der Waals surface area contributed by atoms with Crippen molar-refractivity contribution < 1.29 is 9.13 Å². The highest BCUT2D eigenvalue weighted by molar-refractivity contribution is 5.51. The Kier molecular flexibility index (Phi) is 4.37. The van der Waals surface area contributed by atoms with E-state index in [1.807, 2.05) is 6.92 Å². The molecule has 0 saturated carbocycles. The lowest BCUT2D eigenvalue weighted by molar-refractivity contribution is 0.436. The van der Waals surface area contributed by atoms with Crippen molar-refractivity contribution in [3.8, 4) is 11.5 Å². The van der Waals surface area contributed by atoms with Crippen LogP contribution in [0.4, 0.5) is 15.9 Å². The fourth-order valence-electron chi connectivity index (χ4n) is 1.73. The van der Waals surface area contributed by atoms with Crippen molar-refractivity contribution >= 4 is 11.5 Å². The number of nitrogens with two attached hydrogens (primary N) is 2. The number of rotatable bonds is 5. The van der Waals surface area contributed by atoms with Crippen LogP contribution in [0.5, 0.6) is 11.5 Å². The number of hydrogen-bond acceptors (Lipinski definition) is 5. The number of nitrogens with one attached hydrogen (secondary N) is 1. The van der Waals surface area contributed by atoms with Gasteiger partial charge in [-0.3, -0.25) is 0 Å². The van der Waals surface area contributed by atoms with Gasteiger partial charge in [-0.15, -0.1) is 0 Å². The average molecular weight is 276 g/mol. The average Bonchev–Trinajstić information content (AvgIpc) is 2.41. The largest absolute Gasteiger partial charge is 0.454 e. The number of nitrogen functional groups attached to an aromatic ring is 2. The monoisotopic (exact) mass is 276 g/mol. The second-order valence-electron chi connectivity index (χ2n) is 4.25. The second-order valence-corrected chi connectivity index (χ2v) is 4.25. The maximum absolute atomic E-state index is 13.8. The first kappa shape index (κ1) is 14.1. The molecule has 0 spiro atoms. The van der Waals surface area contributed by atoms with Gasteiger partial charge in [0.15, 0.2) is 11.6 Å². The van der Waals surface area contributed by atoms with E-state index in [1.165, 1.54) is 18.3 Å². The molecule has 20 heavy (non-hydrogen) atoms. The molecular weight excluding hydrogens is 259 g/mol. The van der Waals surface area contributed by atoms with E-state index in [4.69, 9.17) is 16.2 Å². The minimum atomic E-state index is -0.519. The summed E-state index contributed by atoms with van der Waals surface area (Å²) in [5, 5.41) is 3.14. The summed E-state index contributed by atoms with van der Waals surface area (Å²) in [5.74, 6) is 0.416. The molecule has 0 fully saturated rings. The van der Waals surface area contributed by atoms with Crippen molar-refractivity contribution in [3.05, 3.63) is 41.8 Å². The molecule has 6 heteroatoms. The molecule has 0 unspecified atom stereocenters. The molecular formula is C14H17FN4O. The van der Waals surface area contributed by atoms with Crippen molar-refractivity contribution in [2.24, 2.45) is 0 Å². The number of hydrogen-bond donors (Lipinski definition) is 3. The van der Waals surface area contributed by atoms with E-state index >= 15 is 0 Å². The minimum absolute atomic E-state index is 0.0996. The molecule has 0 aliphatic heterocycles. The Morgan fingerprint density at radius 2 is 2.05 bits per heavy atom. The number of nitrogens with zero attached hydrogens (tertiary/aromatic N) is 1. The van der Waals surface area contributed by atoms with Crippen LogP contribution < -0.4 is 21.5 Å². The van der Waals surface area contributed by atoms with Gasteiger partial charge in [-0.2, -0.15) is 0 Å². The van der Waals surface area contributed by atoms with Gasteiger partial charge in [0.05, 0.1) is 5.56 Å². The van der Waals surface area contributed by atoms with E-state index in [1.54, 1.807) is 12.1 Å². The quantitative estimate of drug-likeness (QED) is 0.729. The van der Waals surface area contributed by atoms with Gasteiger partial charge in [-0.1, -0.05) is 6.92 Å². The topological polar surface area (TPSA) is 86.2 Å². The summed E-state index contributed by atoms with van der Waals surface area (Å²) in [7, 11) is 0. The zero-order chi connectivity index (χ0) is 14.5. The van der Waals surface area contributed by atoms with Crippen molar-refractivity contribution in [1.29, 1.82) is 0 Å². The van der Waals surface area contributed by atoms with Crippen molar-refractivity contribution in [3.63, 3.8) is 0 Å². The summed E-state index contributed by atoms with van der Waals surface area (Å²) in [5.41, 5.74) is 12.4. The van der Waals surface area contributed by atoms with Crippen LogP contribution >= 0.6 is 0 Å². The molecule has 106 valence electrons. The lowest BCUT2D eigenvalue weighted by Crippen LogP contribution is -2.14. The van der Waals surface area contributed by atoms with Crippen LogP contribution in [0.3, 0.4) is 0 Å². The van der Waals surface area contributed by atoms with E-state index < -0.39 is 5.82 Å². The van der Waals surface area contributed by atoms with Gasteiger partial charge in [0.1, 0.15) is 11.6 Å². The van der Waals surface area contributed by atoms with Crippen LogP contribution in [-0.4, -0.2) is 11.5 Å². The Labute approximate surface area is 116 Å². The molecule has 0 aliphatic rings. The lowest BCUT2D eigenvalue weighted by atomic mass is 10.2. The smallest absolute Gasteiger partial charge is 0.167 e. The Balaban J connectivity index is 2.30. The third kappa shape index (κ3) is 3.16. The molecule has 2 rings (SSSR count). The first-order valence-corrected chi connectivity index (χ1v) is 6.28. The predicted octanol–water partition coefficient (Wildman–Crippen LogP) is 2.29. The Morgan fingerprint density at radius 1 is 1.25 bits per heavy atom. The number of benzene rings is 1. The van der Waals surface area contributed by atoms with Gasteiger partial charge >= 0.3 is 0 Å². The van der Waals surface area contributed by atoms with Crippen LogP contribution in [0.2, 0.25) is 0 Å². The highest BCUT2D eigenvalue weighted by atomic mass is 19.1. The zero-order valence-electron chi connectivity index (χ0n) is 11.2. The Hall–Kier alpha value is -2.34. The highest BCUT2D eigenvalue weighted by Crippen LogP contribution is 2.30. The maximum Gasteiger partial charge on any atom is 0.167 e. The Bertz CT molecular complexity index is 604. The normalized spacial score (nSPS) is 10.5. The molecule has 0 bridgehead atoms. The second kappa shape index (κ2) is 6.21. The van der Waals surface area contributed by atoms with Gasteiger partial charge in [-0.25, -0.2) is 9.37 Å². The van der Waals surface area contributed by atoms with Gasteiger partial charge in [-0.05, 0) is 24.7 Å². The van der Waals surface area contributed by atoms with E-state index in [0.29, 0.717) is 29.4 Å². The van der Waals surface area contributed by atoms with Gasteiger partial charge < -0.3 is 21.5 Å². The fourth-order valence-corrected chi connectivity index (χ4v) is 1.73. The first-order valence-electron chi connectivity index (χ1n) is 6.28. The zero-order valence-corrected chi connectivity index (χ0v) is 11.2. The van der Waals surface area contributed by atoms with Crippen molar-refractivity contribution in [2.75, 3.05) is 18.0 Å². The summed E-state index contributed by atoms with van der Waals surface area (Å²) in [6, 6.07) is 5.92. The van der Waals surface area contributed by atoms with Crippen LogP contribution in [0.15, 0.2) is 30.5 Å². The number of anilines is 2. The summed E-state index contributed by atoms with van der Waals surface area (Å²) in [4.78, 5) is 4.01. The SMILES string of the molecule is CCNCc1c(Oc2ccc(N)cc2F)ccnc1N. The van der Waals surface area contributed by atoms with Gasteiger partial charge in [0.25, 0.3) is 0 Å². The third-order valence-electron chi connectivity index (χ3n) is 2.77. The molecule has 5 N–H and O–H groups in total. The van der Waals surface area contributed by atoms with E-state index in [-0.39, 0.29) is 5.75 Å². The van der Waals surface area contributed by atoms with Crippen LogP contribution in [0.25, 0.3) is 0 Å². The summed E-state index contributed by atoms with van der Waals surface area (Å²) >= 11 is 0. The highest BCUT2D eigenvalue weighted by Gasteiger charge is 2.11. The fraction of sp³-hybridized carbons (Fsp3) is 0.214. The standard InChI is InChI=1S/C14H17FN4O/c1-2-18-8-10-12(5-6-19-14(10)17)20-13-4-3-9(16)7-11(13)15/h3-7,18H,2,8,16H2,1H3,(H2,17,19). The predicted molar refractivity (Wildman–Crippen MR) is 76.9 cm³/mol. The molecule has 0 atom stereocenters. The van der Waals surface area contributed by atoms with Crippen molar-refractivity contribution in [2.45, 2.75) is 13.5 Å². The Morgan fingerprint density at radius 3 is 2.75 bits per heavy atom. The van der Waals surface area contributed by atoms with Gasteiger partial charge in [0, 0.05) is 24.5 Å². The van der Waals surface area contributed by atoms with E-state index in [0.717, 1.165) is 6.54 Å². The van der Waals surface area contributed by atoms with E-state index in [2.05, 4.69) is 10.3 Å². The summed E-state index contributed by atoms with van der Waals surface area (Å²) in [6.45, 7) is 3.26. The lowest BCUT2D eigenvalue weighted by Gasteiger charge is -2.13. The summed E-state index contributed by atoms with van der Waals surface area (Å²) < 4.78 is 19.3. The van der Waals surface area contributed by atoms with Crippen LogP contribution in [0, 0.1) is 5.82 Å². The number of ether oxygens (including phenoxy) is 1. The molecule has 0 radical (unpaired) electrons. The molecule has 5 nitrogen and oxygen atoms in total. The number of aromatic nitrogens is 1. The van der Waals surface area contributed by atoms with Crippen molar-refractivity contribution in [1.82, 2.24) is 10.3 Å². The number of halogens is 1. The first-order chi connectivity index (χ1) is 9.61. The van der Waals surface area contributed by atoms with E-state index in [9.17, 15) is 4.39 Å². The maximum atomic E-state index is 13.8. The summed E-state index contributed by atoms with van der Waals surface area (Å²) in [6.07, 6.45) is 1.52. The molecule has 0 aliphatic carbocycles.